The molecule has 120 heavy (non-hydrogen) atoms. The second-order valence-corrected chi connectivity index (χ2v) is 40.2. The largest absolute Gasteiger partial charge is 0.450 e. The van der Waals surface area contributed by atoms with E-state index in [-0.39, 0.29) is 100 Å². The van der Waals surface area contributed by atoms with Crippen LogP contribution in [0.3, 0.4) is 0 Å². The molecule has 6 unspecified atom stereocenters. The van der Waals surface area contributed by atoms with Crippen molar-refractivity contribution in [1.29, 1.82) is 0 Å². The lowest BCUT2D eigenvalue weighted by molar-refractivity contribution is -0.122. The van der Waals surface area contributed by atoms with E-state index in [4.69, 9.17) is 24.4 Å². The van der Waals surface area contributed by atoms with Crippen LogP contribution >= 0.6 is 0 Å². The Balaban J connectivity index is -0.00000160. The minimum atomic E-state index is -0.310. The summed E-state index contributed by atoms with van der Waals surface area (Å²) in [5.41, 5.74) is 0.910. The molecule has 0 bridgehead atoms. The summed E-state index contributed by atoms with van der Waals surface area (Å²) in [6, 6.07) is 12.0. The van der Waals surface area contributed by atoms with Gasteiger partial charge in [-0.05, 0) is 212 Å². The Morgan fingerprint density at radius 3 is 1.08 bits per heavy atom. The molecule has 1 aromatic carbocycles. The molecule has 8 amide bonds. The highest BCUT2D eigenvalue weighted by atomic mass is 16.5. The van der Waals surface area contributed by atoms with Gasteiger partial charge in [-0.25, -0.2) is 19.2 Å². The first-order chi connectivity index (χ1) is 56.5. The van der Waals surface area contributed by atoms with Gasteiger partial charge >= 0.3 is 24.2 Å². The van der Waals surface area contributed by atoms with Crippen molar-refractivity contribution >= 4 is 35.8 Å². The van der Waals surface area contributed by atoms with E-state index in [1.807, 2.05) is 100 Å². The number of benzene rings is 1. The molecular weight excluding hydrogens is 1500 g/mol. The molecule has 19 nitrogen and oxygen atoms in total. The molecule has 0 radical (unpaired) electrons. The van der Waals surface area contributed by atoms with Crippen LogP contribution < -0.4 is 31.9 Å². The highest BCUT2D eigenvalue weighted by molar-refractivity contribution is 5.89. The maximum atomic E-state index is 13.0. The van der Waals surface area contributed by atoms with E-state index < -0.39 is 0 Å². The van der Waals surface area contributed by atoms with E-state index in [0.717, 1.165) is 120 Å². The molecule has 2 fully saturated rings. The van der Waals surface area contributed by atoms with Gasteiger partial charge in [-0.1, -0.05) is 276 Å². The van der Waals surface area contributed by atoms with E-state index in [1.54, 1.807) is 14.2 Å². The molecule has 0 aromatic heterocycles. The number of hydrogen-bond donors (Lipinski definition) is 8. The Hall–Kier alpha value is -4.43. The number of carbonyl (C=O) groups is 5. The summed E-state index contributed by atoms with van der Waals surface area (Å²) >= 11 is 0. The van der Waals surface area contributed by atoms with Crippen molar-refractivity contribution < 1.29 is 48.4 Å². The van der Waals surface area contributed by atoms with Crippen molar-refractivity contribution in [2.45, 2.75) is 485 Å². The van der Waals surface area contributed by atoms with E-state index in [2.05, 4.69) is 163 Å². The predicted octanol–water partition coefficient (Wildman–Crippen LogP) is 25.7. The number of aliphatic hydroxyl groups is 2. The van der Waals surface area contributed by atoms with Gasteiger partial charge in [0.25, 0.3) is 0 Å². The number of hydrogen-bond acceptors (Lipinski definition) is 11. The van der Waals surface area contributed by atoms with E-state index >= 15 is 0 Å². The van der Waals surface area contributed by atoms with E-state index in [0.29, 0.717) is 51.4 Å². The van der Waals surface area contributed by atoms with E-state index in [9.17, 15) is 24.0 Å². The highest BCUT2D eigenvalue weighted by Gasteiger charge is 2.44. The number of nitrogens with one attached hydrogen (secondary N) is 6. The van der Waals surface area contributed by atoms with Gasteiger partial charge < -0.3 is 71.0 Å². The first-order valence-electron chi connectivity index (χ1n) is 49.0. The molecule has 8 N–H and O–H groups in total. The SMILES string of the molecule is CC(C)N(C(=O)NCC1(C)CC(NC(=O)N(C(C)C)C(C)C)CC(C)(C)C1)C(C)C.CC(C)N(C(=O)Nc1ccccc1)C(C)C.CC(C)NC(C)C.CCC(CCCCCCC(=O)NC1CC(C)(C)CC(C)(CNC(=O)OCCCCCC(CC)CCCCCOC)C1)CCCCCOC.CCC(CCCCCO)CCCCCO.CCCC. The predicted molar refractivity (Wildman–Crippen MR) is 514 cm³/mol. The Morgan fingerprint density at radius 1 is 0.408 bits per heavy atom. The van der Waals surface area contributed by atoms with Gasteiger partial charge in [-0.3, -0.25) is 4.79 Å². The number of anilines is 1. The minimum Gasteiger partial charge on any atom is -0.450 e. The molecular formula is C101H201N9O10. The standard InChI is InChI=1S/C41H80N2O5.C24H48N4O2.C13H20N2O.C13H28O2.C6H15N.C4H10/c1-8-35(24-16-12-20-28-46-6)23-15-10-11-19-27-38(44)43-37-31-40(3,4)33-41(5,32-37)34-42-39(45)48-30-22-14-18-26-36(9-2)25-17-13-21-29-47-7;1-16(2)27(17(3)4)21(29)25-15-24(11)13-20(12-23(9,10)14-24)26-22(30)28(18(5)6)19(7)8;1-10(2)15(11(3)4)13(16)14-12-8-6-5-7-9-12;1-2-13(9-5-3-7-11-14)10-6-4-8-12-15;1-5(2)7-6(3)4;1-3-4-2/h35-37H,8-34H2,1-7H3,(H,42,45)(H,43,44);16-20H,12-15H2,1-11H3,(H,25,29)(H,26,30);5-11H,1-4H3,(H,14,16);13-15H,2-12H2,1H3;5-7H,1-4H3;3-4H2,1-2H3. The van der Waals surface area contributed by atoms with Gasteiger partial charge in [0, 0.05) is 126 Å². The summed E-state index contributed by atoms with van der Waals surface area (Å²) in [6.07, 6.45) is 42.5. The number of alkyl carbamates (subject to hydrolysis) is 1. The van der Waals surface area contributed by atoms with Crippen LogP contribution in [0.1, 0.15) is 425 Å². The molecule has 6 atom stereocenters. The fourth-order valence-electron chi connectivity index (χ4n) is 18.3. The number of unbranched alkanes of at least 4 members (excludes halogenated alkanes) is 14. The number of nitrogens with zero attached hydrogens (tertiary/aromatic N) is 3. The van der Waals surface area contributed by atoms with Gasteiger partial charge in [0.2, 0.25) is 5.91 Å². The van der Waals surface area contributed by atoms with Gasteiger partial charge in [-0.2, -0.15) is 0 Å². The second kappa shape index (κ2) is 71.7. The third-order valence-electron chi connectivity index (χ3n) is 23.6. The summed E-state index contributed by atoms with van der Waals surface area (Å²) in [4.78, 5) is 68.8. The third-order valence-corrected chi connectivity index (χ3v) is 23.6. The molecule has 19 heteroatoms. The number of amides is 8. The monoisotopic (exact) mass is 1700 g/mol. The summed E-state index contributed by atoms with van der Waals surface area (Å²) in [7, 11) is 3.56. The molecule has 2 aliphatic carbocycles. The smallest absolute Gasteiger partial charge is 0.407 e. The first kappa shape index (κ1) is 120. The second-order valence-electron chi connectivity index (χ2n) is 40.2. The molecule has 0 aliphatic heterocycles. The fraction of sp³-hybridized carbons (Fsp3) is 0.891. The van der Waals surface area contributed by atoms with Gasteiger partial charge in [0.05, 0.1) is 6.61 Å². The van der Waals surface area contributed by atoms with Gasteiger partial charge in [0.1, 0.15) is 0 Å². The first-order valence-corrected chi connectivity index (χ1v) is 49.0. The lowest BCUT2D eigenvalue weighted by Crippen LogP contribution is -2.56. The maximum absolute atomic E-state index is 13.0. The normalized spacial score (nSPS) is 17.8. The van der Waals surface area contributed by atoms with Crippen LogP contribution in [-0.2, 0) is 19.0 Å². The van der Waals surface area contributed by atoms with Crippen LogP contribution in [0.25, 0.3) is 0 Å². The van der Waals surface area contributed by atoms with Crippen molar-refractivity contribution in [3.63, 3.8) is 0 Å². The molecule has 1 aromatic rings. The van der Waals surface area contributed by atoms with Crippen LogP contribution in [0, 0.1) is 39.4 Å². The fourth-order valence-corrected chi connectivity index (χ4v) is 18.3. The summed E-state index contributed by atoms with van der Waals surface area (Å²) in [6.45, 7) is 62.1. The number of urea groups is 3. The molecule has 0 spiro atoms. The zero-order chi connectivity index (χ0) is 91.7. The summed E-state index contributed by atoms with van der Waals surface area (Å²) in [5.74, 6) is 2.70. The lowest BCUT2D eigenvalue weighted by Gasteiger charge is -2.47. The van der Waals surface area contributed by atoms with Crippen LogP contribution in [-0.4, -0.2) is 176 Å². The lowest BCUT2D eigenvalue weighted by atomic mass is 9.62. The maximum Gasteiger partial charge on any atom is 0.407 e. The topological polar surface area (TPSA) is 235 Å². The Morgan fingerprint density at radius 2 is 0.742 bits per heavy atom. The average Bonchev–Trinajstić information content (AvgIpc) is 0.807. The molecule has 2 saturated carbocycles. The molecule has 2 aliphatic rings. The highest BCUT2D eigenvalue weighted by Crippen LogP contribution is 2.47. The number of rotatable bonds is 54. The average molecular weight is 1700 g/mol. The van der Waals surface area contributed by atoms with Crippen LogP contribution in [0.2, 0.25) is 0 Å². The van der Waals surface area contributed by atoms with Crippen molar-refractivity contribution in [3.8, 4) is 0 Å². The van der Waals surface area contributed by atoms with Crippen LogP contribution in [0.4, 0.5) is 24.9 Å². The third kappa shape index (κ3) is 63.5. The number of ether oxygens (including phenoxy) is 3. The van der Waals surface area contributed by atoms with Gasteiger partial charge in [-0.15, -0.1) is 0 Å². The zero-order valence-electron chi connectivity index (χ0n) is 84.0. The van der Waals surface area contributed by atoms with E-state index in [1.165, 1.54) is 148 Å². The van der Waals surface area contributed by atoms with Crippen LogP contribution in [0.15, 0.2) is 30.3 Å². The Labute approximate surface area is 741 Å². The quantitative estimate of drug-likeness (QED) is 0.0286. The number of carbonyl (C=O) groups excluding carboxylic acids is 5. The van der Waals surface area contributed by atoms with Crippen molar-refractivity contribution in [1.82, 2.24) is 41.3 Å². The van der Waals surface area contributed by atoms with Crippen molar-refractivity contribution in [2.75, 3.05) is 65.7 Å². The Bertz CT molecular complexity index is 2560. The zero-order valence-corrected chi connectivity index (χ0v) is 84.0. The number of methoxy groups -OCH3 is 2. The number of aliphatic hydroxyl groups excluding tert-OH is 2. The summed E-state index contributed by atoms with van der Waals surface area (Å²) in [5, 5.41) is 36.4. The van der Waals surface area contributed by atoms with Crippen molar-refractivity contribution in [3.05, 3.63) is 30.3 Å². The van der Waals surface area contributed by atoms with Gasteiger partial charge in [0.15, 0.2) is 0 Å². The number of para-hydroxylation sites is 1. The summed E-state index contributed by atoms with van der Waals surface area (Å²) < 4.78 is 15.9. The molecule has 0 heterocycles. The molecule has 3 rings (SSSR count). The Kier molecular flexibility index (Phi) is 71.5. The van der Waals surface area contributed by atoms with Crippen molar-refractivity contribution in [2.24, 2.45) is 39.4 Å². The molecule has 0 saturated heterocycles. The van der Waals surface area contributed by atoms with Crippen LogP contribution in [0.5, 0.6) is 0 Å². The molecule has 710 valence electrons. The minimum absolute atomic E-state index is 0.00372.